The topological polar surface area (TPSA) is 33.6 Å². The summed E-state index contributed by atoms with van der Waals surface area (Å²) in [6.07, 6.45) is 1.17. The minimum Gasteiger partial charge on any atom is -0.267 e. The van der Waals surface area contributed by atoms with Gasteiger partial charge in [0.15, 0.2) is 10.6 Å². The molecule has 0 fully saturated rings. The van der Waals surface area contributed by atoms with Crippen LogP contribution in [0, 0.1) is 4.77 Å². The Bertz CT molecular complexity index is 806. The fourth-order valence-corrected chi connectivity index (χ4v) is 5.13. The van der Waals surface area contributed by atoms with E-state index in [0.717, 1.165) is 17.3 Å². The number of nitrogens with one attached hydrogen (secondary N) is 1. The lowest BCUT2D eigenvalue weighted by molar-refractivity contribution is 1.04. The van der Waals surface area contributed by atoms with E-state index in [1.807, 2.05) is 45.9 Å². The van der Waals surface area contributed by atoms with Crippen LogP contribution in [0.1, 0.15) is 10.4 Å². The molecule has 0 saturated heterocycles. The van der Waals surface area contributed by atoms with Crippen LogP contribution in [0.5, 0.6) is 0 Å². The van der Waals surface area contributed by atoms with E-state index in [0.29, 0.717) is 4.77 Å². The second-order valence-electron chi connectivity index (χ2n) is 4.88. The zero-order valence-corrected chi connectivity index (χ0v) is 13.7. The van der Waals surface area contributed by atoms with E-state index in [-0.39, 0.29) is 0 Å². The molecule has 0 atom stereocenters. The fourth-order valence-electron chi connectivity index (χ4n) is 2.54. The molecule has 0 saturated carbocycles. The van der Waals surface area contributed by atoms with Crippen LogP contribution in [-0.4, -0.2) is 20.5 Å². The molecule has 2 aromatic heterocycles. The van der Waals surface area contributed by atoms with Crippen molar-refractivity contribution in [3.05, 3.63) is 51.6 Å². The molecule has 21 heavy (non-hydrogen) atoms. The number of fused-ring (bicyclic) bond motifs is 1. The van der Waals surface area contributed by atoms with Crippen molar-refractivity contribution >= 4 is 35.3 Å². The number of benzene rings is 1. The number of aromatic nitrogens is 3. The van der Waals surface area contributed by atoms with Crippen molar-refractivity contribution in [3.8, 4) is 16.4 Å². The van der Waals surface area contributed by atoms with E-state index in [1.54, 1.807) is 0 Å². The minimum absolute atomic E-state index is 0.636. The average Bonchev–Trinajstić information content (AvgIpc) is 3.11. The Balaban J connectivity index is 1.87. The molecule has 1 aromatic carbocycles. The molecule has 1 aliphatic rings. The first-order valence-corrected chi connectivity index (χ1v) is 9.13. The third kappa shape index (κ3) is 2.37. The van der Waals surface area contributed by atoms with Gasteiger partial charge in [0.05, 0.1) is 4.88 Å². The summed E-state index contributed by atoms with van der Waals surface area (Å²) in [5, 5.41) is 7.39. The van der Waals surface area contributed by atoms with Crippen molar-refractivity contribution in [1.82, 2.24) is 14.8 Å². The van der Waals surface area contributed by atoms with Crippen LogP contribution < -0.4 is 0 Å². The average molecular weight is 331 g/mol. The summed E-state index contributed by atoms with van der Waals surface area (Å²) < 4.78 is 2.65. The number of hydrogen-bond donors (Lipinski definition) is 1. The molecule has 0 spiro atoms. The summed E-state index contributed by atoms with van der Waals surface area (Å²) in [7, 11) is 0. The second kappa shape index (κ2) is 5.44. The molecule has 0 unspecified atom stereocenters. The number of thiophene rings is 1. The minimum atomic E-state index is 0.636. The monoisotopic (exact) mass is 331 g/mol. The largest absolute Gasteiger partial charge is 0.267 e. The van der Waals surface area contributed by atoms with E-state index in [4.69, 9.17) is 12.2 Å². The molecular formula is C15H13N3S3. The zero-order valence-electron chi connectivity index (χ0n) is 11.2. The highest BCUT2D eigenvalue weighted by atomic mass is 32.2. The molecule has 0 aliphatic carbocycles. The molecule has 0 amide bonds. The van der Waals surface area contributed by atoms with Crippen LogP contribution in [0.2, 0.25) is 0 Å². The van der Waals surface area contributed by atoms with Crippen LogP contribution in [-0.2, 0) is 12.2 Å². The second-order valence-corrected chi connectivity index (χ2v) is 7.51. The van der Waals surface area contributed by atoms with Crippen molar-refractivity contribution in [1.29, 1.82) is 0 Å². The van der Waals surface area contributed by atoms with Gasteiger partial charge >= 0.3 is 0 Å². The molecule has 1 N–H and O–H groups in total. The Morgan fingerprint density at radius 2 is 2.10 bits per heavy atom. The maximum absolute atomic E-state index is 5.41. The van der Waals surface area contributed by atoms with Crippen molar-refractivity contribution < 1.29 is 0 Å². The Labute approximate surface area is 136 Å². The van der Waals surface area contributed by atoms with Gasteiger partial charge in [0.2, 0.25) is 0 Å². The van der Waals surface area contributed by atoms with Gasteiger partial charge in [-0.15, -0.1) is 11.3 Å². The zero-order chi connectivity index (χ0) is 14.2. The number of para-hydroxylation sites is 1. The first-order chi connectivity index (χ1) is 10.3. The van der Waals surface area contributed by atoms with Gasteiger partial charge in [-0.25, -0.2) is 0 Å². The quantitative estimate of drug-likeness (QED) is 0.705. The first kappa shape index (κ1) is 13.3. The number of nitrogens with zero attached hydrogens (tertiary/aromatic N) is 2. The van der Waals surface area contributed by atoms with Crippen molar-refractivity contribution in [3.63, 3.8) is 0 Å². The van der Waals surface area contributed by atoms with Crippen molar-refractivity contribution in [2.24, 2.45) is 0 Å². The number of hydrogen-bond acceptors (Lipinski definition) is 4. The molecule has 3 heterocycles. The molecule has 4 rings (SSSR count). The van der Waals surface area contributed by atoms with E-state index >= 15 is 0 Å². The van der Waals surface area contributed by atoms with Gasteiger partial charge in [0, 0.05) is 16.3 Å². The predicted octanol–water partition coefficient (Wildman–Crippen LogP) is 4.45. The number of rotatable bonds is 2. The van der Waals surface area contributed by atoms with Gasteiger partial charge in [-0.1, -0.05) is 18.2 Å². The van der Waals surface area contributed by atoms with E-state index < -0.39 is 0 Å². The lowest BCUT2D eigenvalue weighted by Crippen LogP contribution is -1.96. The Morgan fingerprint density at radius 3 is 2.90 bits per heavy atom. The summed E-state index contributed by atoms with van der Waals surface area (Å²) in [4.78, 5) is 2.69. The molecule has 0 radical (unpaired) electrons. The highest BCUT2D eigenvalue weighted by Gasteiger charge is 2.18. The Morgan fingerprint density at radius 1 is 1.24 bits per heavy atom. The summed E-state index contributed by atoms with van der Waals surface area (Å²) in [5.41, 5.74) is 2.51. The predicted molar refractivity (Wildman–Crippen MR) is 91.9 cm³/mol. The third-order valence-corrected chi connectivity index (χ3v) is 6.05. The molecule has 0 bridgehead atoms. The van der Waals surface area contributed by atoms with Crippen molar-refractivity contribution in [2.75, 3.05) is 5.75 Å². The number of thioether (sulfide) groups is 1. The number of H-pyrrole nitrogens is 1. The van der Waals surface area contributed by atoms with E-state index in [9.17, 15) is 0 Å². The summed E-state index contributed by atoms with van der Waals surface area (Å²) in [5.74, 6) is 3.25. The Kier molecular flexibility index (Phi) is 3.45. The highest BCUT2D eigenvalue weighted by molar-refractivity contribution is 7.98. The van der Waals surface area contributed by atoms with Crippen LogP contribution in [0.25, 0.3) is 16.4 Å². The summed E-state index contributed by atoms with van der Waals surface area (Å²) >= 11 is 9.26. The maximum atomic E-state index is 5.41. The van der Waals surface area contributed by atoms with Crippen molar-refractivity contribution in [2.45, 2.75) is 12.2 Å². The molecule has 3 aromatic rings. The molecule has 1 aliphatic heterocycles. The van der Waals surface area contributed by atoms with E-state index in [1.165, 1.54) is 27.5 Å². The fraction of sp³-hybridized carbons (Fsp3) is 0.200. The van der Waals surface area contributed by atoms with Crippen LogP contribution in [0.3, 0.4) is 0 Å². The highest BCUT2D eigenvalue weighted by Crippen LogP contribution is 2.36. The lowest BCUT2D eigenvalue weighted by Gasteiger charge is -2.08. The molecular weight excluding hydrogens is 318 g/mol. The molecule has 3 nitrogen and oxygen atoms in total. The summed E-state index contributed by atoms with van der Waals surface area (Å²) in [6, 6.07) is 12.4. The van der Waals surface area contributed by atoms with Crippen LogP contribution in [0.15, 0.2) is 36.4 Å². The molecule has 6 heteroatoms. The first-order valence-electron chi connectivity index (χ1n) is 6.75. The smallest absolute Gasteiger partial charge is 0.200 e. The van der Waals surface area contributed by atoms with Gasteiger partial charge in [-0.3, -0.25) is 9.67 Å². The van der Waals surface area contributed by atoms with Gasteiger partial charge in [-0.05, 0) is 48.2 Å². The lowest BCUT2D eigenvalue weighted by atomic mass is 10.2. The van der Waals surface area contributed by atoms with Gasteiger partial charge in [-0.2, -0.15) is 16.9 Å². The number of aromatic amines is 1. The van der Waals surface area contributed by atoms with Crippen LogP contribution in [0.4, 0.5) is 0 Å². The third-order valence-electron chi connectivity index (χ3n) is 3.53. The number of aryl methyl sites for hydroxylation is 1. The maximum Gasteiger partial charge on any atom is 0.200 e. The van der Waals surface area contributed by atoms with Gasteiger partial charge in [0.1, 0.15) is 0 Å². The normalized spacial score (nSPS) is 14.1. The van der Waals surface area contributed by atoms with Gasteiger partial charge < -0.3 is 0 Å². The van der Waals surface area contributed by atoms with Gasteiger partial charge in [0.25, 0.3) is 0 Å². The Hall–Kier alpha value is -1.37. The SMILES string of the molecule is S=c1[nH]nc(-c2cc3c(s2)CCSC3)n1-c1ccccc1. The summed E-state index contributed by atoms with van der Waals surface area (Å²) in [6.45, 7) is 0. The van der Waals surface area contributed by atoms with Crippen LogP contribution >= 0.6 is 35.3 Å². The standard InChI is InChI=1S/C15H13N3S3/c19-15-17-16-14(18(15)11-4-2-1-3-5-11)13-8-10-9-20-7-6-12(10)21-13/h1-5,8H,6-7,9H2,(H,17,19). The molecule has 106 valence electrons. The van der Waals surface area contributed by atoms with E-state index in [2.05, 4.69) is 28.4 Å².